The quantitative estimate of drug-likeness (QED) is 0.371. The Morgan fingerprint density at radius 1 is 0.774 bits per heavy atom. The maximum atomic E-state index is 5.85. The molecule has 0 radical (unpaired) electrons. The maximum Gasteiger partial charge on any atom is 0.119 e. The third kappa shape index (κ3) is 6.33. The lowest BCUT2D eigenvalue weighted by atomic mass is 9.90. The van der Waals surface area contributed by atoms with E-state index in [2.05, 4.69) is 60.8 Å². The van der Waals surface area contributed by atoms with Crippen molar-refractivity contribution in [1.29, 1.82) is 0 Å². The number of nitrogens with one attached hydrogen (secondary N) is 1. The lowest BCUT2D eigenvalue weighted by Crippen LogP contribution is -2.43. The topological polar surface area (TPSA) is 39.7 Å². The number of ether oxygens (including phenoxy) is 3. The zero-order chi connectivity index (χ0) is 21.4. The minimum Gasteiger partial charge on any atom is -0.494 e. The van der Waals surface area contributed by atoms with E-state index in [1.807, 2.05) is 30.3 Å². The van der Waals surface area contributed by atoms with Crippen LogP contribution in [0, 0.1) is 5.41 Å². The van der Waals surface area contributed by atoms with Crippen LogP contribution in [0.3, 0.4) is 0 Å². The molecule has 4 heteroatoms. The van der Waals surface area contributed by atoms with E-state index in [1.54, 1.807) is 0 Å². The lowest BCUT2D eigenvalue weighted by Gasteiger charge is -2.37. The average Bonchev–Trinajstić information content (AvgIpc) is 2.79. The summed E-state index contributed by atoms with van der Waals surface area (Å²) in [7, 11) is 0. The molecule has 1 fully saturated rings. The summed E-state index contributed by atoms with van der Waals surface area (Å²) >= 11 is 0. The Balaban J connectivity index is 1.15. The summed E-state index contributed by atoms with van der Waals surface area (Å²) < 4.78 is 16.8. The molecule has 3 aromatic rings. The van der Waals surface area contributed by atoms with Gasteiger partial charge >= 0.3 is 0 Å². The van der Waals surface area contributed by atoms with E-state index in [0.717, 1.165) is 56.4 Å². The van der Waals surface area contributed by atoms with Crippen LogP contribution in [0.4, 0.5) is 11.4 Å². The van der Waals surface area contributed by atoms with Crippen LogP contribution >= 0.6 is 0 Å². The monoisotopic (exact) mass is 417 g/mol. The molecule has 1 aliphatic rings. The Kier molecular flexibility index (Phi) is 7.23. The van der Waals surface area contributed by atoms with Crippen molar-refractivity contribution in [3.05, 3.63) is 78.9 Å². The molecule has 31 heavy (non-hydrogen) atoms. The molecule has 0 bridgehead atoms. The molecule has 4 rings (SSSR count). The molecular formula is C27H31NO3. The van der Waals surface area contributed by atoms with Gasteiger partial charge in [0.2, 0.25) is 0 Å². The molecule has 162 valence electrons. The Bertz CT molecular complexity index is 919. The molecule has 0 aromatic heterocycles. The third-order valence-corrected chi connectivity index (χ3v) is 5.44. The fourth-order valence-electron chi connectivity index (χ4n) is 3.53. The van der Waals surface area contributed by atoms with Crippen LogP contribution in [-0.4, -0.2) is 33.0 Å². The summed E-state index contributed by atoms with van der Waals surface area (Å²) in [6.45, 7) is 6.12. The Morgan fingerprint density at radius 3 is 2.03 bits per heavy atom. The van der Waals surface area contributed by atoms with Crippen LogP contribution in [0.25, 0.3) is 11.1 Å². The summed E-state index contributed by atoms with van der Waals surface area (Å²) in [5.41, 5.74) is 4.78. The molecule has 1 heterocycles. The van der Waals surface area contributed by atoms with Gasteiger partial charge in [0.1, 0.15) is 5.75 Å². The number of anilines is 2. The maximum absolute atomic E-state index is 5.85. The van der Waals surface area contributed by atoms with Gasteiger partial charge in [-0.1, -0.05) is 49.4 Å². The summed E-state index contributed by atoms with van der Waals surface area (Å²) in [5, 5.41) is 3.44. The van der Waals surface area contributed by atoms with Crippen LogP contribution in [0.2, 0.25) is 0 Å². The van der Waals surface area contributed by atoms with Gasteiger partial charge in [0.05, 0.1) is 26.4 Å². The third-order valence-electron chi connectivity index (χ3n) is 5.44. The van der Waals surface area contributed by atoms with Gasteiger partial charge in [0.15, 0.2) is 0 Å². The van der Waals surface area contributed by atoms with Gasteiger partial charge in [-0.2, -0.15) is 0 Å². The van der Waals surface area contributed by atoms with E-state index in [-0.39, 0.29) is 5.41 Å². The van der Waals surface area contributed by atoms with Gasteiger partial charge in [-0.15, -0.1) is 0 Å². The number of benzene rings is 3. The molecule has 1 N–H and O–H groups in total. The first kappa shape index (κ1) is 21.4. The van der Waals surface area contributed by atoms with Crippen molar-refractivity contribution in [2.45, 2.75) is 19.8 Å². The van der Waals surface area contributed by atoms with E-state index in [4.69, 9.17) is 14.2 Å². The van der Waals surface area contributed by atoms with E-state index < -0.39 is 0 Å². The molecule has 0 amide bonds. The first-order valence-electron chi connectivity index (χ1n) is 11.0. The van der Waals surface area contributed by atoms with E-state index in [9.17, 15) is 0 Å². The first-order chi connectivity index (χ1) is 15.2. The van der Waals surface area contributed by atoms with Gasteiger partial charge in [-0.05, 0) is 60.4 Å². The highest BCUT2D eigenvalue weighted by Crippen LogP contribution is 2.27. The second-order valence-electron chi connectivity index (χ2n) is 8.50. The molecule has 0 unspecified atom stereocenters. The zero-order valence-corrected chi connectivity index (χ0v) is 18.2. The minimum absolute atomic E-state index is 0.232. The SMILES string of the molecule is CC1(COCCCCOc2ccc(Nc3ccc(-c4ccccc4)cc3)cc2)COC1. The normalized spacial score (nSPS) is 14.6. The lowest BCUT2D eigenvalue weighted by molar-refractivity contribution is -0.138. The molecule has 0 aliphatic carbocycles. The van der Waals surface area contributed by atoms with Crippen molar-refractivity contribution in [2.75, 3.05) is 38.4 Å². The molecule has 0 saturated carbocycles. The highest BCUT2D eigenvalue weighted by molar-refractivity contribution is 5.68. The van der Waals surface area contributed by atoms with Gasteiger partial charge < -0.3 is 19.5 Å². The molecule has 1 aliphatic heterocycles. The Labute approximate surface area is 185 Å². The zero-order valence-electron chi connectivity index (χ0n) is 18.2. The molecule has 3 aromatic carbocycles. The summed E-state index contributed by atoms with van der Waals surface area (Å²) in [5.74, 6) is 0.894. The molecule has 1 saturated heterocycles. The fraction of sp³-hybridized carbons (Fsp3) is 0.333. The number of hydrogen-bond donors (Lipinski definition) is 1. The van der Waals surface area contributed by atoms with Gasteiger partial charge in [0, 0.05) is 23.4 Å². The van der Waals surface area contributed by atoms with Crippen LogP contribution in [-0.2, 0) is 9.47 Å². The minimum atomic E-state index is 0.232. The Hall–Kier alpha value is -2.82. The molecule has 0 spiro atoms. The van der Waals surface area contributed by atoms with Crippen molar-refractivity contribution in [3.8, 4) is 16.9 Å². The van der Waals surface area contributed by atoms with Crippen LogP contribution in [0.15, 0.2) is 78.9 Å². The first-order valence-corrected chi connectivity index (χ1v) is 11.0. The highest BCUT2D eigenvalue weighted by Gasteiger charge is 2.33. The van der Waals surface area contributed by atoms with Crippen molar-refractivity contribution >= 4 is 11.4 Å². The van der Waals surface area contributed by atoms with Crippen LogP contribution in [0.5, 0.6) is 5.75 Å². The number of rotatable bonds is 11. The van der Waals surface area contributed by atoms with Gasteiger partial charge in [-0.3, -0.25) is 0 Å². The highest BCUT2D eigenvalue weighted by atomic mass is 16.5. The van der Waals surface area contributed by atoms with Crippen LogP contribution < -0.4 is 10.1 Å². The Morgan fingerprint density at radius 2 is 1.39 bits per heavy atom. The van der Waals surface area contributed by atoms with Crippen molar-refractivity contribution in [1.82, 2.24) is 0 Å². The predicted octanol–water partition coefficient (Wildman–Crippen LogP) is 6.31. The van der Waals surface area contributed by atoms with Gasteiger partial charge in [-0.25, -0.2) is 0 Å². The van der Waals surface area contributed by atoms with E-state index in [1.165, 1.54) is 11.1 Å². The second kappa shape index (κ2) is 10.5. The van der Waals surface area contributed by atoms with Crippen molar-refractivity contribution < 1.29 is 14.2 Å². The van der Waals surface area contributed by atoms with E-state index >= 15 is 0 Å². The standard InChI is InChI=1S/C27H31NO3/c1-27(20-30-21-27)19-29-17-5-6-18-31-26-15-13-25(14-16-26)28-24-11-9-23(10-12-24)22-7-3-2-4-8-22/h2-4,7-16,28H,5-6,17-21H2,1H3. The molecule has 4 nitrogen and oxygen atoms in total. The molecular weight excluding hydrogens is 386 g/mol. The number of unbranched alkanes of at least 4 members (excludes halogenated alkanes) is 1. The second-order valence-corrected chi connectivity index (χ2v) is 8.50. The molecule has 0 atom stereocenters. The van der Waals surface area contributed by atoms with Crippen molar-refractivity contribution in [2.24, 2.45) is 5.41 Å². The van der Waals surface area contributed by atoms with Crippen LogP contribution in [0.1, 0.15) is 19.8 Å². The summed E-state index contributed by atoms with van der Waals surface area (Å²) in [6, 6.07) is 27.0. The fourth-order valence-corrected chi connectivity index (χ4v) is 3.53. The van der Waals surface area contributed by atoms with E-state index in [0.29, 0.717) is 6.61 Å². The summed E-state index contributed by atoms with van der Waals surface area (Å²) in [6.07, 6.45) is 2.00. The summed E-state index contributed by atoms with van der Waals surface area (Å²) in [4.78, 5) is 0. The predicted molar refractivity (Wildman–Crippen MR) is 126 cm³/mol. The average molecular weight is 418 g/mol. The van der Waals surface area contributed by atoms with Gasteiger partial charge in [0.25, 0.3) is 0 Å². The smallest absolute Gasteiger partial charge is 0.119 e. The number of hydrogen-bond acceptors (Lipinski definition) is 4. The van der Waals surface area contributed by atoms with Crippen molar-refractivity contribution in [3.63, 3.8) is 0 Å². The largest absolute Gasteiger partial charge is 0.494 e.